The number of alkyl halides is 3. The number of nitrogens with zero attached hydrogens (tertiary/aromatic N) is 2. The molecule has 1 aromatic heterocycles. The van der Waals surface area contributed by atoms with Gasteiger partial charge in [-0.3, -0.25) is 9.78 Å². The van der Waals surface area contributed by atoms with Crippen LogP contribution in [-0.4, -0.2) is 35.1 Å². The molecule has 0 bridgehead atoms. The number of benzene rings is 1. The van der Waals surface area contributed by atoms with Gasteiger partial charge in [-0.15, -0.1) is 0 Å². The maximum Gasteiger partial charge on any atom is 0.406 e. The number of pyridine rings is 1. The highest BCUT2D eigenvalue weighted by molar-refractivity contribution is 9.10. The molecular weight excluding hydrogens is 425 g/mol. The number of ether oxygens (including phenoxy) is 1. The number of rotatable bonds is 5. The Bertz CT molecular complexity index is 796. The summed E-state index contributed by atoms with van der Waals surface area (Å²) in [6.45, 7) is -1.79. The van der Waals surface area contributed by atoms with E-state index < -0.39 is 31.3 Å². The molecule has 0 unspecified atom stereocenters. The van der Waals surface area contributed by atoms with Crippen molar-refractivity contribution in [1.29, 1.82) is 0 Å². The topological polar surface area (TPSA) is 42.4 Å². The summed E-state index contributed by atoms with van der Waals surface area (Å²) in [6.07, 6.45) is -1.04. The largest absolute Gasteiger partial charge is 0.484 e. The summed E-state index contributed by atoms with van der Waals surface area (Å²) in [5.41, 5.74) is 1.44. The molecule has 4 nitrogen and oxygen atoms in total. The number of fused-ring (bicyclic) bond motifs is 1. The van der Waals surface area contributed by atoms with Crippen molar-refractivity contribution in [2.45, 2.75) is 31.5 Å². The monoisotopic (exact) mass is 442 g/mol. The quantitative estimate of drug-likeness (QED) is 0.674. The number of hydrogen-bond acceptors (Lipinski definition) is 3. The molecule has 0 saturated carbocycles. The Kier molecular flexibility index (Phi) is 6.04. The molecule has 0 saturated heterocycles. The Hall–Kier alpha value is -2.09. The molecular formula is C19H18BrF3N2O2. The van der Waals surface area contributed by atoms with Crippen LogP contribution in [0, 0.1) is 0 Å². The number of carbonyl (C=O) groups is 1. The normalized spacial score (nSPS) is 16.5. The Morgan fingerprint density at radius 2 is 2.00 bits per heavy atom. The fourth-order valence-corrected chi connectivity index (χ4v) is 3.48. The lowest BCUT2D eigenvalue weighted by atomic mass is 9.90. The zero-order chi connectivity index (χ0) is 19.4. The second-order valence-electron chi connectivity index (χ2n) is 6.34. The van der Waals surface area contributed by atoms with E-state index in [9.17, 15) is 18.0 Å². The van der Waals surface area contributed by atoms with Crippen molar-refractivity contribution in [2.24, 2.45) is 0 Å². The minimum absolute atomic E-state index is 0.417. The van der Waals surface area contributed by atoms with Gasteiger partial charge in [-0.2, -0.15) is 13.2 Å². The van der Waals surface area contributed by atoms with Crippen LogP contribution in [-0.2, 0) is 11.2 Å². The summed E-state index contributed by atoms with van der Waals surface area (Å²) >= 11 is 3.29. The van der Waals surface area contributed by atoms with E-state index in [4.69, 9.17) is 4.74 Å². The lowest BCUT2D eigenvalue weighted by molar-refractivity contribution is -0.168. The number of amides is 1. The minimum Gasteiger partial charge on any atom is -0.484 e. The van der Waals surface area contributed by atoms with Crippen LogP contribution in [0.2, 0.25) is 0 Å². The zero-order valence-electron chi connectivity index (χ0n) is 14.4. The molecule has 0 spiro atoms. The third-order valence-corrected chi connectivity index (χ3v) is 4.92. The summed E-state index contributed by atoms with van der Waals surface area (Å²) in [4.78, 5) is 17.7. The van der Waals surface area contributed by atoms with Gasteiger partial charge in [0.05, 0.1) is 11.7 Å². The summed E-state index contributed by atoms with van der Waals surface area (Å²) in [6, 6.07) is 9.66. The van der Waals surface area contributed by atoms with Gasteiger partial charge < -0.3 is 9.64 Å². The Balaban J connectivity index is 1.79. The predicted octanol–water partition coefficient (Wildman–Crippen LogP) is 4.69. The summed E-state index contributed by atoms with van der Waals surface area (Å²) in [5.74, 6) is -0.292. The van der Waals surface area contributed by atoms with Gasteiger partial charge in [-0.1, -0.05) is 22.0 Å². The first-order valence-corrected chi connectivity index (χ1v) is 9.31. The highest BCUT2D eigenvalue weighted by atomic mass is 79.9. The van der Waals surface area contributed by atoms with Gasteiger partial charge in [-0.05, 0) is 55.2 Å². The third kappa shape index (κ3) is 5.22. The number of halogens is 4. The van der Waals surface area contributed by atoms with Crippen molar-refractivity contribution >= 4 is 21.8 Å². The van der Waals surface area contributed by atoms with Crippen molar-refractivity contribution in [3.05, 3.63) is 58.3 Å². The Labute approximate surface area is 163 Å². The molecule has 0 fully saturated rings. The predicted molar refractivity (Wildman–Crippen MR) is 97.3 cm³/mol. The average Bonchev–Trinajstić information content (AvgIpc) is 2.64. The molecule has 0 N–H and O–H groups in total. The van der Waals surface area contributed by atoms with Crippen LogP contribution in [0.5, 0.6) is 5.75 Å². The highest BCUT2D eigenvalue weighted by Crippen LogP contribution is 2.34. The van der Waals surface area contributed by atoms with Crippen LogP contribution in [0.25, 0.3) is 0 Å². The second-order valence-corrected chi connectivity index (χ2v) is 7.25. The fourth-order valence-electron chi connectivity index (χ4n) is 3.21. The van der Waals surface area contributed by atoms with Crippen molar-refractivity contribution in [3.8, 4) is 5.75 Å². The standard InChI is InChI=1S/C19H18BrF3N2O2/c20-14-6-8-15(9-7-14)27-11-17(26)25(12-19(21,22)23)16-5-1-3-13-4-2-10-24-18(13)16/h2,4,6-10,16H,1,3,5,11-12H2/t16-/m1/s1. The van der Waals surface area contributed by atoms with Gasteiger partial charge >= 0.3 is 6.18 Å². The lowest BCUT2D eigenvalue weighted by Gasteiger charge is -2.35. The van der Waals surface area contributed by atoms with Crippen LogP contribution in [0.4, 0.5) is 13.2 Å². The van der Waals surface area contributed by atoms with E-state index >= 15 is 0 Å². The summed E-state index contributed by atoms with van der Waals surface area (Å²) < 4.78 is 45.7. The molecule has 8 heteroatoms. The molecule has 3 rings (SSSR count). The first-order valence-electron chi connectivity index (χ1n) is 8.52. The van der Waals surface area contributed by atoms with Gasteiger partial charge in [0.15, 0.2) is 6.61 Å². The molecule has 0 radical (unpaired) electrons. The SMILES string of the molecule is O=C(COc1ccc(Br)cc1)N(CC(F)(F)F)[C@@H]1CCCc2cccnc21. The lowest BCUT2D eigenvalue weighted by Crippen LogP contribution is -2.45. The Morgan fingerprint density at radius 3 is 2.70 bits per heavy atom. The van der Waals surface area contributed by atoms with Gasteiger partial charge in [-0.25, -0.2) is 0 Å². The third-order valence-electron chi connectivity index (χ3n) is 4.39. The Morgan fingerprint density at radius 1 is 1.26 bits per heavy atom. The van der Waals surface area contributed by atoms with E-state index in [2.05, 4.69) is 20.9 Å². The van der Waals surface area contributed by atoms with Crippen LogP contribution in [0.15, 0.2) is 47.1 Å². The maximum atomic E-state index is 13.1. The number of carbonyl (C=O) groups excluding carboxylic acids is 1. The van der Waals surface area contributed by atoms with Crippen molar-refractivity contribution in [2.75, 3.05) is 13.2 Å². The molecule has 1 atom stereocenters. The molecule has 1 aliphatic rings. The molecule has 144 valence electrons. The second kappa shape index (κ2) is 8.29. The van der Waals surface area contributed by atoms with Gasteiger partial charge in [0.25, 0.3) is 5.91 Å². The van der Waals surface area contributed by atoms with Gasteiger partial charge in [0.2, 0.25) is 0 Å². The molecule has 27 heavy (non-hydrogen) atoms. The van der Waals surface area contributed by atoms with E-state index in [0.717, 1.165) is 21.4 Å². The first-order chi connectivity index (χ1) is 12.8. The number of hydrogen-bond donors (Lipinski definition) is 0. The zero-order valence-corrected chi connectivity index (χ0v) is 16.0. The highest BCUT2D eigenvalue weighted by Gasteiger charge is 2.39. The van der Waals surface area contributed by atoms with Crippen LogP contribution >= 0.6 is 15.9 Å². The van der Waals surface area contributed by atoms with Crippen molar-refractivity contribution in [3.63, 3.8) is 0 Å². The first kappa shape index (κ1) is 19.7. The van der Waals surface area contributed by atoms with E-state index in [-0.39, 0.29) is 0 Å². The maximum absolute atomic E-state index is 13.1. The van der Waals surface area contributed by atoms with Gasteiger partial charge in [0, 0.05) is 10.7 Å². The van der Waals surface area contributed by atoms with E-state index in [1.54, 1.807) is 36.5 Å². The average molecular weight is 443 g/mol. The molecule has 1 heterocycles. The van der Waals surface area contributed by atoms with Crippen LogP contribution < -0.4 is 4.74 Å². The fraction of sp³-hybridized carbons (Fsp3) is 0.368. The molecule has 2 aromatic rings. The summed E-state index contributed by atoms with van der Waals surface area (Å²) in [5, 5.41) is 0. The van der Waals surface area contributed by atoms with Crippen molar-refractivity contribution in [1.82, 2.24) is 9.88 Å². The van der Waals surface area contributed by atoms with Crippen LogP contribution in [0.3, 0.4) is 0 Å². The minimum atomic E-state index is -4.50. The van der Waals surface area contributed by atoms with E-state index in [1.807, 2.05) is 6.07 Å². The van der Waals surface area contributed by atoms with Crippen LogP contribution in [0.1, 0.15) is 30.1 Å². The van der Waals surface area contributed by atoms with Crippen molar-refractivity contribution < 1.29 is 22.7 Å². The smallest absolute Gasteiger partial charge is 0.406 e. The molecule has 1 aliphatic carbocycles. The van der Waals surface area contributed by atoms with Gasteiger partial charge in [0.1, 0.15) is 12.3 Å². The van der Waals surface area contributed by atoms with E-state index in [1.165, 1.54) is 0 Å². The van der Waals surface area contributed by atoms with E-state index in [0.29, 0.717) is 24.3 Å². The summed E-state index contributed by atoms with van der Waals surface area (Å²) in [7, 11) is 0. The number of aromatic nitrogens is 1. The molecule has 1 amide bonds. The number of aryl methyl sites for hydroxylation is 1. The molecule has 1 aromatic carbocycles. The molecule has 0 aliphatic heterocycles.